The summed E-state index contributed by atoms with van der Waals surface area (Å²) in [5.41, 5.74) is 0.614. The third-order valence-electron chi connectivity index (χ3n) is 2.54. The first kappa shape index (κ1) is 12.0. The molecule has 1 aliphatic carbocycles. The molecule has 17 heavy (non-hydrogen) atoms. The lowest BCUT2D eigenvalue weighted by molar-refractivity contribution is -0.120. The summed E-state index contributed by atoms with van der Waals surface area (Å²) in [6.45, 7) is 0.533. The Kier molecular flexibility index (Phi) is 3.68. The molecule has 1 aliphatic rings. The summed E-state index contributed by atoms with van der Waals surface area (Å²) in [6.07, 6.45) is 2.10. The van der Waals surface area contributed by atoms with Gasteiger partial charge >= 0.3 is 0 Å². The van der Waals surface area contributed by atoms with Gasteiger partial charge in [0.1, 0.15) is 0 Å². The fourth-order valence-electron chi connectivity index (χ4n) is 1.48. The molecular weight excluding hydrogens is 226 g/mol. The molecule has 1 saturated carbocycles. The third kappa shape index (κ3) is 3.78. The van der Waals surface area contributed by atoms with Gasteiger partial charge < -0.3 is 10.6 Å². The zero-order valence-corrected chi connectivity index (χ0v) is 9.30. The predicted octanol–water partition coefficient (Wildman–Crippen LogP) is 1.33. The fourth-order valence-corrected chi connectivity index (χ4v) is 1.48. The zero-order valence-electron chi connectivity index (χ0n) is 9.30. The Bertz CT molecular complexity index is 419. The van der Waals surface area contributed by atoms with E-state index in [1.807, 2.05) is 0 Å². The van der Waals surface area contributed by atoms with Gasteiger partial charge in [-0.2, -0.15) is 0 Å². The van der Waals surface area contributed by atoms with Gasteiger partial charge in [0.05, 0.1) is 6.54 Å². The van der Waals surface area contributed by atoms with E-state index in [1.165, 1.54) is 6.07 Å². The molecule has 92 valence electrons. The van der Waals surface area contributed by atoms with E-state index in [9.17, 15) is 13.6 Å². The van der Waals surface area contributed by atoms with E-state index in [0.29, 0.717) is 18.2 Å². The molecule has 5 heteroatoms. The Balaban J connectivity index is 1.73. The standard InChI is InChI=1S/C12H14F2N2O/c13-10-4-1-8(5-11(10)14)6-15-7-12(17)16-9-2-3-9/h1,4-5,9,15H,2-3,6-7H2,(H,16,17). The molecule has 0 aromatic heterocycles. The molecule has 0 bridgehead atoms. The SMILES string of the molecule is O=C(CNCc1ccc(F)c(F)c1)NC1CC1. The maximum absolute atomic E-state index is 12.9. The summed E-state index contributed by atoms with van der Waals surface area (Å²) >= 11 is 0. The van der Waals surface area contributed by atoms with E-state index < -0.39 is 11.6 Å². The predicted molar refractivity (Wildman–Crippen MR) is 59.2 cm³/mol. The number of rotatable bonds is 5. The molecule has 0 radical (unpaired) electrons. The molecule has 1 aromatic rings. The van der Waals surface area contributed by atoms with E-state index in [4.69, 9.17) is 0 Å². The number of amides is 1. The van der Waals surface area contributed by atoms with Crippen molar-refractivity contribution in [2.45, 2.75) is 25.4 Å². The molecule has 0 unspecified atom stereocenters. The molecular formula is C12H14F2N2O. The van der Waals surface area contributed by atoms with Gasteiger partial charge in [-0.3, -0.25) is 4.79 Å². The van der Waals surface area contributed by atoms with Crippen LogP contribution in [0, 0.1) is 11.6 Å². The average molecular weight is 240 g/mol. The van der Waals surface area contributed by atoms with E-state index in [0.717, 1.165) is 25.0 Å². The van der Waals surface area contributed by atoms with E-state index in [-0.39, 0.29) is 12.5 Å². The fraction of sp³-hybridized carbons (Fsp3) is 0.417. The summed E-state index contributed by atoms with van der Waals surface area (Å²) in [5.74, 6) is -1.79. The normalized spacial score (nSPS) is 14.7. The lowest BCUT2D eigenvalue weighted by Crippen LogP contribution is -2.34. The van der Waals surface area contributed by atoms with E-state index >= 15 is 0 Å². The van der Waals surface area contributed by atoms with E-state index in [2.05, 4.69) is 10.6 Å². The summed E-state index contributed by atoms with van der Waals surface area (Å²) in [5, 5.41) is 5.71. The van der Waals surface area contributed by atoms with Crippen molar-refractivity contribution in [1.82, 2.24) is 10.6 Å². The first-order valence-corrected chi connectivity index (χ1v) is 5.59. The topological polar surface area (TPSA) is 41.1 Å². The Morgan fingerprint density at radius 2 is 2.06 bits per heavy atom. The monoisotopic (exact) mass is 240 g/mol. The van der Waals surface area contributed by atoms with Crippen LogP contribution in [0.25, 0.3) is 0 Å². The minimum absolute atomic E-state index is 0.0601. The highest BCUT2D eigenvalue weighted by atomic mass is 19.2. The second-order valence-corrected chi connectivity index (χ2v) is 4.19. The summed E-state index contributed by atoms with van der Waals surface area (Å²) in [6, 6.07) is 4.04. The smallest absolute Gasteiger partial charge is 0.234 e. The molecule has 0 heterocycles. The van der Waals surface area contributed by atoms with Crippen LogP contribution in [0.2, 0.25) is 0 Å². The van der Waals surface area contributed by atoms with Gasteiger partial charge in [-0.1, -0.05) is 6.07 Å². The number of benzene rings is 1. The highest BCUT2D eigenvalue weighted by Crippen LogP contribution is 2.18. The highest BCUT2D eigenvalue weighted by molar-refractivity contribution is 5.78. The van der Waals surface area contributed by atoms with Gasteiger partial charge in [0, 0.05) is 12.6 Å². The van der Waals surface area contributed by atoms with E-state index in [1.54, 1.807) is 0 Å². The number of carbonyl (C=O) groups excluding carboxylic acids is 1. The molecule has 1 amide bonds. The minimum Gasteiger partial charge on any atom is -0.352 e. The highest BCUT2D eigenvalue weighted by Gasteiger charge is 2.22. The molecule has 1 aromatic carbocycles. The van der Waals surface area contributed by atoms with Crippen LogP contribution in [0.1, 0.15) is 18.4 Å². The molecule has 0 saturated heterocycles. The molecule has 1 fully saturated rings. The van der Waals surface area contributed by atoms with Crippen molar-refractivity contribution in [3.05, 3.63) is 35.4 Å². The van der Waals surface area contributed by atoms with Crippen LogP contribution < -0.4 is 10.6 Å². The van der Waals surface area contributed by atoms with Crippen LogP contribution in [0.3, 0.4) is 0 Å². The van der Waals surface area contributed by atoms with Crippen molar-refractivity contribution < 1.29 is 13.6 Å². The van der Waals surface area contributed by atoms with Crippen LogP contribution >= 0.6 is 0 Å². The second-order valence-electron chi connectivity index (χ2n) is 4.19. The summed E-state index contributed by atoms with van der Waals surface area (Å²) in [4.78, 5) is 11.3. The molecule has 0 spiro atoms. The maximum Gasteiger partial charge on any atom is 0.234 e. The Labute approximate surface area is 98.2 Å². The van der Waals surface area contributed by atoms with Crippen molar-refractivity contribution in [1.29, 1.82) is 0 Å². The average Bonchev–Trinajstić information content (AvgIpc) is 3.07. The Morgan fingerprint density at radius 3 is 2.71 bits per heavy atom. The van der Waals surface area contributed by atoms with Crippen LogP contribution in [0.15, 0.2) is 18.2 Å². The molecule has 0 atom stereocenters. The number of hydrogen-bond acceptors (Lipinski definition) is 2. The van der Waals surface area contributed by atoms with Gasteiger partial charge in [0.25, 0.3) is 0 Å². The number of carbonyl (C=O) groups is 1. The number of nitrogens with one attached hydrogen (secondary N) is 2. The van der Waals surface area contributed by atoms with Crippen LogP contribution in [-0.2, 0) is 11.3 Å². The minimum atomic E-state index is -0.869. The van der Waals surface area contributed by atoms with Crippen LogP contribution in [0.5, 0.6) is 0 Å². The molecule has 3 nitrogen and oxygen atoms in total. The van der Waals surface area contributed by atoms with Crippen LogP contribution in [-0.4, -0.2) is 18.5 Å². The van der Waals surface area contributed by atoms with Crippen molar-refractivity contribution in [2.75, 3.05) is 6.54 Å². The Hall–Kier alpha value is -1.49. The molecule has 0 aliphatic heterocycles. The van der Waals surface area contributed by atoms with Gasteiger partial charge in [-0.25, -0.2) is 8.78 Å². The van der Waals surface area contributed by atoms with Crippen molar-refractivity contribution in [2.24, 2.45) is 0 Å². The maximum atomic E-state index is 12.9. The van der Waals surface area contributed by atoms with Gasteiger partial charge in [-0.15, -0.1) is 0 Å². The second kappa shape index (κ2) is 5.23. The van der Waals surface area contributed by atoms with Crippen LogP contribution in [0.4, 0.5) is 8.78 Å². The first-order chi connectivity index (χ1) is 8.15. The van der Waals surface area contributed by atoms with Gasteiger partial charge in [0.15, 0.2) is 11.6 Å². The van der Waals surface area contributed by atoms with Crippen molar-refractivity contribution in [3.63, 3.8) is 0 Å². The van der Waals surface area contributed by atoms with Gasteiger partial charge in [-0.05, 0) is 30.5 Å². The van der Waals surface area contributed by atoms with Crippen molar-refractivity contribution >= 4 is 5.91 Å². The molecule has 2 N–H and O–H groups in total. The number of halogens is 2. The largest absolute Gasteiger partial charge is 0.352 e. The quantitative estimate of drug-likeness (QED) is 0.815. The zero-order chi connectivity index (χ0) is 12.3. The first-order valence-electron chi connectivity index (χ1n) is 5.59. The lowest BCUT2D eigenvalue weighted by Gasteiger charge is -2.06. The Morgan fingerprint density at radius 1 is 1.29 bits per heavy atom. The summed E-state index contributed by atoms with van der Waals surface area (Å²) in [7, 11) is 0. The number of hydrogen-bond donors (Lipinski definition) is 2. The lowest BCUT2D eigenvalue weighted by atomic mass is 10.2. The third-order valence-corrected chi connectivity index (χ3v) is 2.54. The van der Waals surface area contributed by atoms with Gasteiger partial charge in [0.2, 0.25) is 5.91 Å². The summed E-state index contributed by atoms with van der Waals surface area (Å²) < 4.78 is 25.5. The molecule has 2 rings (SSSR count). The van der Waals surface area contributed by atoms with Crippen molar-refractivity contribution in [3.8, 4) is 0 Å².